The van der Waals surface area contributed by atoms with Crippen LogP contribution >= 0.6 is 0 Å². The maximum Gasteiger partial charge on any atom is 0.335 e. The van der Waals surface area contributed by atoms with Crippen LogP contribution in [0.2, 0.25) is 0 Å². The highest BCUT2D eigenvalue weighted by atomic mass is 16.6. The van der Waals surface area contributed by atoms with Gasteiger partial charge >= 0.3 is 5.97 Å². The molecule has 1 atom stereocenters. The van der Waals surface area contributed by atoms with Gasteiger partial charge < -0.3 is 15.2 Å². The Hall–Kier alpha value is -0.610. The molecule has 0 rings (SSSR count). The predicted molar refractivity (Wildman–Crippen MR) is 45.7 cm³/mol. The first kappa shape index (κ1) is 11.4. The number of rotatable bonds is 6. The highest BCUT2D eigenvalue weighted by Gasteiger charge is 2.17. The molecular weight excluding hydrogens is 158 g/mol. The van der Waals surface area contributed by atoms with Gasteiger partial charge in [0.25, 0.3) is 0 Å². The van der Waals surface area contributed by atoms with Crippen molar-refractivity contribution in [3.8, 4) is 0 Å². The van der Waals surface area contributed by atoms with E-state index in [1.165, 1.54) is 0 Å². The molecule has 0 aromatic heterocycles. The Morgan fingerprint density at radius 2 is 2.17 bits per heavy atom. The van der Waals surface area contributed by atoms with E-state index < -0.39 is 6.10 Å². The summed E-state index contributed by atoms with van der Waals surface area (Å²) >= 11 is 0. The third kappa shape index (κ3) is 4.31. The van der Waals surface area contributed by atoms with Crippen molar-refractivity contribution in [3.63, 3.8) is 0 Å². The zero-order chi connectivity index (χ0) is 9.40. The fraction of sp³-hybridized carbons (Fsp3) is 0.875. The van der Waals surface area contributed by atoms with Crippen molar-refractivity contribution in [2.75, 3.05) is 19.8 Å². The topological polar surface area (TPSA) is 61.5 Å². The van der Waals surface area contributed by atoms with E-state index in [9.17, 15) is 4.79 Å². The second-order valence-electron chi connectivity index (χ2n) is 2.31. The molecule has 0 saturated carbocycles. The van der Waals surface area contributed by atoms with Gasteiger partial charge in [-0.1, -0.05) is 6.92 Å². The maximum atomic E-state index is 11.1. The molecule has 0 aliphatic heterocycles. The van der Waals surface area contributed by atoms with Crippen molar-refractivity contribution in [3.05, 3.63) is 0 Å². The quantitative estimate of drug-likeness (QED) is 0.590. The fourth-order valence-corrected chi connectivity index (χ4v) is 0.798. The summed E-state index contributed by atoms with van der Waals surface area (Å²) < 4.78 is 9.94. The Labute approximate surface area is 73.0 Å². The smallest absolute Gasteiger partial charge is 0.335 e. The van der Waals surface area contributed by atoms with E-state index in [-0.39, 0.29) is 5.97 Å². The molecule has 0 aromatic carbocycles. The molecule has 4 heteroatoms. The Balaban J connectivity index is 3.71. The summed E-state index contributed by atoms with van der Waals surface area (Å²) in [5, 5.41) is 0. The molecule has 0 saturated heterocycles. The first-order chi connectivity index (χ1) is 5.76. The Kier molecular flexibility index (Phi) is 6.70. The van der Waals surface area contributed by atoms with Gasteiger partial charge in [0.15, 0.2) is 6.10 Å². The molecule has 2 N–H and O–H groups in total. The molecule has 72 valence electrons. The Morgan fingerprint density at radius 1 is 1.50 bits per heavy atom. The summed E-state index contributed by atoms with van der Waals surface area (Å²) in [7, 11) is 0. The first-order valence-corrected chi connectivity index (χ1v) is 4.24. The van der Waals surface area contributed by atoms with E-state index in [0.717, 1.165) is 0 Å². The molecule has 0 amide bonds. The highest BCUT2D eigenvalue weighted by Crippen LogP contribution is 2.00. The van der Waals surface area contributed by atoms with E-state index in [2.05, 4.69) is 0 Å². The molecule has 0 aliphatic carbocycles. The van der Waals surface area contributed by atoms with Gasteiger partial charge in [0.05, 0.1) is 13.2 Å². The summed E-state index contributed by atoms with van der Waals surface area (Å²) in [4.78, 5) is 11.1. The minimum Gasteiger partial charge on any atom is -0.464 e. The molecule has 1 unspecified atom stereocenters. The van der Waals surface area contributed by atoms with Gasteiger partial charge in [-0.25, -0.2) is 4.79 Å². The standard InChI is InChI=1S/C8H17NO3/c1-3-7(12-6-5-9)8(10)11-4-2/h7H,3-6,9H2,1-2H3. The summed E-state index contributed by atoms with van der Waals surface area (Å²) in [6.07, 6.45) is 0.173. The van der Waals surface area contributed by atoms with Crippen LogP contribution in [0.1, 0.15) is 20.3 Å². The lowest BCUT2D eigenvalue weighted by Crippen LogP contribution is -2.28. The first-order valence-electron chi connectivity index (χ1n) is 4.24. The van der Waals surface area contributed by atoms with Gasteiger partial charge in [0.2, 0.25) is 0 Å². The molecule has 0 aromatic rings. The van der Waals surface area contributed by atoms with E-state index in [1.807, 2.05) is 6.92 Å². The molecule has 12 heavy (non-hydrogen) atoms. The zero-order valence-electron chi connectivity index (χ0n) is 7.71. The van der Waals surface area contributed by atoms with Crippen LogP contribution in [0.15, 0.2) is 0 Å². The van der Waals surface area contributed by atoms with Gasteiger partial charge in [-0.2, -0.15) is 0 Å². The van der Waals surface area contributed by atoms with Crippen LogP contribution in [-0.2, 0) is 14.3 Å². The van der Waals surface area contributed by atoms with Crippen LogP contribution in [0.5, 0.6) is 0 Å². The van der Waals surface area contributed by atoms with Crippen molar-refractivity contribution in [1.82, 2.24) is 0 Å². The fourth-order valence-electron chi connectivity index (χ4n) is 0.798. The van der Waals surface area contributed by atoms with Crippen molar-refractivity contribution >= 4 is 5.97 Å². The van der Waals surface area contributed by atoms with Crippen LogP contribution in [0.4, 0.5) is 0 Å². The van der Waals surface area contributed by atoms with Crippen LogP contribution < -0.4 is 5.73 Å². The third-order valence-corrected chi connectivity index (χ3v) is 1.36. The number of hydrogen-bond acceptors (Lipinski definition) is 4. The molecule has 0 aliphatic rings. The highest BCUT2D eigenvalue weighted by molar-refractivity contribution is 5.74. The average Bonchev–Trinajstić information content (AvgIpc) is 2.06. The monoisotopic (exact) mass is 175 g/mol. The summed E-state index contributed by atoms with van der Waals surface area (Å²) in [6.45, 7) is 4.86. The number of hydrogen-bond donors (Lipinski definition) is 1. The number of carbonyl (C=O) groups excluding carboxylic acids is 1. The number of ether oxygens (including phenoxy) is 2. The third-order valence-electron chi connectivity index (χ3n) is 1.36. The second kappa shape index (κ2) is 7.06. The minimum absolute atomic E-state index is 0.298. The van der Waals surface area contributed by atoms with Crippen molar-refractivity contribution in [2.45, 2.75) is 26.4 Å². The van der Waals surface area contributed by atoms with E-state index in [4.69, 9.17) is 15.2 Å². The van der Waals surface area contributed by atoms with Gasteiger partial charge in [-0.05, 0) is 13.3 Å². The normalized spacial score (nSPS) is 12.6. The van der Waals surface area contributed by atoms with E-state index in [1.54, 1.807) is 6.92 Å². The van der Waals surface area contributed by atoms with Gasteiger partial charge in [-0.3, -0.25) is 0 Å². The summed E-state index contributed by atoms with van der Waals surface area (Å²) in [5.41, 5.74) is 5.23. The molecule has 0 fully saturated rings. The van der Waals surface area contributed by atoms with Crippen LogP contribution in [0, 0.1) is 0 Å². The lowest BCUT2D eigenvalue weighted by Gasteiger charge is -2.13. The van der Waals surface area contributed by atoms with Crippen LogP contribution in [0.3, 0.4) is 0 Å². The molecule has 4 nitrogen and oxygen atoms in total. The number of nitrogens with two attached hydrogens (primary N) is 1. The lowest BCUT2D eigenvalue weighted by atomic mass is 10.3. The molecule has 0 heterocycles. The number of esters is 1. The minimum atomic E-state index is -0.450. The summed E-state index contributed by atoms with van der Waals surface area (Å²) in [5.74, 6) is -0.298. The molecule has 0 radical (unpaired) electrons. The Bertz CT molecular complexity index is 127. The van der Waals surface area contributed by atoms with Crippen molar-refractivity contribution < 1.29 is 14.3 Å². The van der Waals surface area contributed by atoms with Crippen LogP contribution in [-0.4, -0.2) is 31.8 Å². The van der Waals surface area contributed by atoms with Gasteiger partial charge in [-0.15, -0.1) is 0 Å². The molecular formula is C8H17NO3. The lowest BCUT2D eigenvalue weighted by molar-refractivity contribution is -0.156. The van der Waals surface area contributed by atoms with E-state index in [0.29, 0.717) is 26.2 Å². The van der Waals surface area contributed by atoms with Gasteiger partial charge in [0, 0.05) is 6.54 Å². The maximum absolute atomic E-state index is 11.1. The SMILES string of the molecule is CCOC(=O)C(CC)OCCN. The second-order valence-corrected chi connectivity index (χ2v) is 2.31. The van der Waals surface area contributed by atoms with Gasteiger partial charge in [0.1, 0.15) is 0 Å². The Morgan fingerprint density at radius 3 is 2.58 bits per heavy atom. The average molecular weight is 175 g/mol. The van der Waals surface area contributed by atoms with Crippen LogP contribution in [0.25, 0.3) is 0 Å². The van der Waals surface area contributed by atoms with Crippen molar-refractivity contribution in [1.29, 1.82) is 0 Å². The predicted octanol–water partition coefficient (Wildman–Crippen LogP) is 0.303. The van der Waals surface area contributed by atoms with E-state index >= 15 is 0 Å². The summed E-state index contributed by atoms with van der Waals surface area (Å²) in [6, 6.07) is 0. The number of carbonyl (C=O) groups is 1. The zero-order valence-corrected chi connectivity index (χ0v) is 7.71. The molecule has 0 bridgehead atoms. The van der Waals surface area contributed by atoms with Crippen molar-refractivity contribution in [2.24, 2.45) is 5.73 Å². The molecule has 0 spiro atoms. The largest absolute Gasteiger partial charge is 0.464 e.